The molecule has 1 aromatic heterocycles. The maximum atomic E-state index is 12.1. The number of nitrogens with zero attached hydrogens (tertiary/aromatic N) is 2. The highest BCUT2D eigenvalue weighted by atomic mass is 16.5. The van der Waals surface area contributed by atoms with E-state index in [1.54, 1.807) is 36.4 Å². The highest BCUT2D eigenvalue weighted by molar-refractivity contribution is 5.93. The first-order valence-electron chi connectivity index (χ1n) is 8.63. The number of rotatable bonds is 6. The fraction of sp³-hybridized carbons (Fsp3) is 0.200. The molecular formula is C20H20N4O4. The normalized spacial score (nSPS) is 10.5. The molecule has 0 aliphatic carbocycles. The second-order valence-electron chi connectivity index (χ2n) is 6.37. The third kappa shape index (κ3) is 4.53. The van der Waals surface area contributed by atoms with E-state index in [9.17, 15) is 14.4 Å². The van der Waals surface area contributed by atoms with Gasteiger partial charge in [0.05, 0.1) is 17.5 Å². The number of anilines is 2. The summed E-state index contributed by atoms with van der Waals surface area (Å²) in [6, 6.07) is 14.1. The first-order chi connectivity index (χ1) is 13.4. The quantitative estimate of drug-likeness (QED) is 0.631. The summed E-state index contributed by atoms with van der Waals surface area (Å²) in [5, 5.41) is 9.97. The van der Waals surface area contributed by atoms with Gasteiger partial charge >= 0.3 is 5.97 Å². The maximum absolute atomic E-state index is 12.1. The standard InChI is InChI=1S/C20H20N4O4/c1-24(2)14-9-7-13(8-10-14)21-18(25)12-28-19(26)11-17-15-5-3-4-6-16(15)20(27)23-22-17/h3-10H,11-12H2,1-2H3,(H,21,25)(H,23,27). The fourth-order valence-corrected chi connectivity index (χ4v) is 2.68. The van der Waals surface area contributed by atoms with Crippen LogP contribution in [0.15, 0.2) is 53.3 Å². The number of aromatic nitrogens is 2. The summed E-state index contributed by atoms with van der Waals surface area (Å²) in [5.74, 6) is -1.05. The van der Waals surface area contributed by atoms with Gasteiger partial charge in [-0.05, 0) is 30.3 Å². The molecule has 0 fully saturated rings. The number of carbonyl (C=O) groups is 2. The number of fused-ring (bicyclic) bond motifs is 1. The Balaban J connectivity index is 1.56. The molecule has 8 heteroatoms. The summed E-state index contributed by atoms with van der Waals surface area (Å²) in [4.78, 5) is 37.8. The van der Waals surface area contributed by atoms with Gasteiger partial charge < -0.3 is 15.0 Å². The molecule has 1 amide bonds. The summed E-state index contributed by atoms with van der Waals surface area (Å²) in [5.41, 5.74) is 1.68. The van der Waals surface area contributed by atoms with Crippen LogP contribution in [0, 0.1) is 0 Å². The molecule has 0 atom stereocenters. The van der Waals surface area contributed by atoms with Crippen molar-refractivity contribution >= 4 is 34.0 Å². The monoisotopic (exact) mass is 380 g/mol. The predicted octanol–water partition coefficient (Wildman–Crippen LogP) is 1.71. The van der Waals surface area contributed by atoms with Crippen molar-refractivity contribution < 1.29 is 14.3 Å². The maximum Gasteiger partial charge on any atom is 0.312 e. The van der Waals surface area contributed by atoms with E-state index < -0.39 is 18.5 Å². The fourth-order valence-electron chi connectivity index (χ4n) is 2.68. The lowest BCUT2D eigenvalue weighted by Crippen LogP contribution is -2.22. The molecule has 0 unspecified atom stereocenters. The van der Waals surface area contributed by atoms with Crippen LogP contribution in [0.5, 0.6) is 0 Å². The molecule has 144 valence electrons. The molecule has 0 saturated heterocycles. The van der Waals surface area contributed by atoms with E-state index in [4.69, 9.17) is 4.74 Å². The average Bonchev–Trinajstić information content (AvgIpc) is 2.69. The van der Waals surface area contributed by atoms with Gasteiger partial charge in [0, 0.05) is 30.9 Å². The number of nitrogens with one attached hydrogen (secondary N) is 2. The van der Waals surface area contributed by atoms with Gasteiger partial charge in [0.25, 0.3) is 11.5 Å². The van der Waals surface area contributed by atoms with Crippen molar-refractivity contribution in [2.24, 2.45) is 0 Å². The van der Waals surface area contributed by atoms with E-state index in [0.29, 0.717) is 22.2 Å². The Bertz CT molecular complexity index is 1060. The van der Waals surface area contributed by atoms with Gasteiger partial charge in [-0.25, -0.2) is 5.10 Å². The highest BCUT2D eigenvalue weighted by Crippen LogP contribution is 2.16. The van der Waals surface area contributed by atoms with Gasteiger partial charge in [-0.15, -0.1) is 0 Å². The second-order valence-corrected chi connectivity index (χ2v) is 6.37. The number of amides is 1. The average molecular weight is 380 g/mol. The van der Waals surface area contributed by atoms with E-state index in [1.807, 2.05) is 31.1 Å². The first-order valence-corrected chi connectivity index (χ1v) is 8.63. The lowest BCUT2D eigenvalue weighted by atomic mass is 10.1. The van der Waals surface area contributed by atoms with Crippen LogP contribution in [0.2, 0.25) is 0 Å². The number of hydrogen-bond acceptors (Lipinski definition) is 6. The lowest BCUT2D eigenvalue weighted by Gasteiger charge is -2.13. The third-order valence-corrected chi connectivity index (χ3v) is 4.12. The summed E-state index contributed by atoms with van der Waals surface area (Å²) in [6.45, 7) is -0.407. The smallest absolute Gasteiger partial charge is 0.312 e. The van der Waals surface area contributed by atoms with Crippen molar-refractivity contribution in [1.29, 1.82) is 0 Å². The second kappa shape index (κ2) is 8.34. The van der Waals surface area contributed by atoms with Gasteiger partial charge in [0.1, 0.15) is 0 Å². The number of H-pyrrole nitrogens is 1. The number of ether oxygens (including phenoxy) is 1. The van der Waals surface area contributed by atoms with Crippen LogP contribution in [-0.2, 0) is 20.7 Å². The largest absolute Gasteiger partial charge is 0.455 e. The van der Waals surface area contributed by atoms with Gasteiger partial charge in [-0.3, -0.25) is 14.4 Å². The molecule has 2 aromatic carbocycles. The Kier molecular flexibility index (Phi) is 5.69. The van der Waals surface area contributed by atoms with Gasteiger partial charge in [0.2, 0.25) is 0 Å². The number of esters is 1. The zero-order valence-corrected chi connectivity index (χ0v) is 15.6. The van der Waals surface area contributed by atoms with Crippen LogP contribution >= 0.6 is 0 Å². The molecule has 0 bridgehead atoms. The van der Waals surface area contributed by atoms with Crippen molar-refractivity contribution in [2.75, 3.05) is 30.9 Å². The van der Waals surface area contributed by atoms with Crippen LogP contribution in [-0.4, -0.2) is 42.8 Å². The number of aromatic amines is 1. The van der Waals surface area contributed by atoms with Crippen molar-refractivity contribution in [3.05, 3.63) is 64.6 Å². The Labute approximate surface area is 161 Å². The Morgan fingerprint density at radius 1 is 1.07 bits per heavy atom. The van der Waals surface area contributed by atoms with Crippen molar-refractivity contribution in [3.63, 3.8) is 0 Å². The Hall–Kier alpha value is -3.68. The van der Waals surface area contributed by atoms with E-state index in [1.165, 1.54) is 0 Å². The van der Waals surface area contributed by atoms with Gasteiger partial charge in [-0.2, -0.15) is 5.10 Å². The molecule has 3 rings (SSSR count). The van der Waals surface area contributed by atoms with E-state index in [2.05, 4.69) is 15.5 Å². The SMILES string of the molecule is CN(C)c1ccc(NC(=O)COC(=O)Cc2n[nH]c(=O)c3ccccc23)cc1. The summed E-state index contributed by atoms with van der Waals surface area (Å²) in [6.07, 6.45) is -0.151. The zero-order chi connectivity index (χ0) is 20.1. The zero-order valence-electron chi connectivity index (χ0n) is 15.6. The summed E-state index contributed by atoms with van der Waals surface area (Å²) in [7, 11) is 3.85. The Morgan fingerprint density at radius 3 is 2.43 bits per heavy atom. The molecule has 0 saturated carbocycles. The van der Waals surface area contributed by atoms with Crippen LogP contribution < -0.4 is 15.8 Å². The molecule has 28 heavy (non-hydrogen) atoms. The minimum atomic E-state index is -0.609. The first kappa shape index (κ1) is 19.1. The highest BCUT2D eigenvalue weighted by Gasteiger charge is 2.13. The molecule has 3 aromatic rings. The lowest BCUT2D eigenvalue weighted by molar-refractivity contribution is -0.146. The Morgan fingerprint density at radius 2 is 1.75 bits per heavy atom. The minimum absolute atomic E-state index is 0.151. The molecular weight excluding hydrogens is 360 g/mol. The summed E-state index contributed by atoms with van der Waals surface area (Å²) >= 11 is 0. The van der Waals surface area contributed by atoms with E-state index in [0.717, 1.165) is 5.69 Å². The van der Waals surface area contributed by atoms with Crippen molar-refractivity contribution in [2.45, 2.75) is 6.42 Å². The predicted molar refractivity (Wildman–Crippen MR) is 106 cm³/mol. The third-order valence-electron chi connectivity index (χ3n) is 4.12. The molecule has 0 aliphatic rings. The van der Waals surface area contributed by atoms with E-state index in [-0.39, 0.29) is 12.0 Å². The molecule has 0 aliphatic heterocycles. The molecule has 0 spiro atoms. The van der Waals surface area contributed by atoms with Crippen LogP contribution in [0.3, 0.4) is 0 Å². The van der Waals surface area contributed by atoms with Crippen molar-refractivity contribution in [3.8, 4) is 0 Å². The van der Waals surface area contributed by atoms with Gasteiger partial charge in [0.15, 0.2) is 6.61 Å². The van der Waals surface area contributed by atoms with Crippen LogP contribution in [0.1, 0.15) is 5.69 Å². The molecule has 1 heterocycles. The van der Waals surface area contributed by atoms with Gasteiger partial charge in [-0.1, -0.05) is 18.2 Å². The minimum Gasteiger partial charge on any atom is -0.455 e. The number of benzene rings is 2. The number of carbonyl (C=O) groups excluding carboxylic acids is 2. The molecule has 8 nitrogen and oxygen atoms in total. The van der Waals surface area contributed by atoms with Crippen LogP contribution in [0.4, 0.5) is 11.4 Å². The summed E-state index contributed by atoms with van der Waals surface area (Å²) < 4.78 is 5.03. The topological polar surface area (TPSA) is 104 Å². The van der Waals surface area contributed by atoms with E-state index >= 15 is 0 Å². The number of hydrogen-bond donors (Lipinski definition) is 2. The van der Waals surface area contributed by atoms with Crippen molar-refractivity contribution in [1.82, 2.24) is 10.2 Å². The molecule has 2 N–H and O–H groups in total. The molecule has 0 radical (unpaired) electrons. The van der Waals surface area contributed by atoms with Crippen LogP contribution in [0.25, 0.3) is 10.8 Å².